The lowest BCUT2D eigenvalue weighted by Gasteiger charge is -2.38. The second kappa shape index (κ2) is 6.04. The number of rotatable bonds is 3. The number of piperazine rings is 1. The number of anilines is 1. The number of hydrogen-bond acceptors (Lipinski definition) is 5. The molecule has 21 heavy (non-hydrogen) atoms. The van der Waals surface area contributed by atoms with Crippen LogP contribution in [0.15, 0.2) is 18.2 Å². The number of nitro benzene ring substituents is 1. The number of non-ortho nitro benzene ring substituents is 1. The molecule has 0 aromatic heterocycles. The van der Waals surface area contributed by atoms with Crippen LogP contribution in [0.2, 0.25) is 0 Å². The van der Waals surface area contributed by atoms with E-state index in [1.165, 1.54) is 17.0 Å². The molecule has 1 aliphatic heterocycles. The van der Waals surface area contributed by atoms with E-state index in [9.17, 15) is 19.3 Å². The summed E-state index contributed by atoms with van der Waals surface area (Å²) < 4.78 is 14.1. The van der Waals surface area contributed by atoms with Crippen LogP contribution < -0.4 is 10.2 Å². The second-order valence-corrected chi connectivity index (χ2v) is 5.04. The summed E-state index contributed by atoms with van der Waals surface area (Å²) in [5.41, 5.74) is -0.0934. The number of hydrogen-bond donors (Lipinski definition) is 1. The minimum absolute atomic E-state index is 0.139. The van der Waals surface area contributed by atoms with Gasteiger partial charge in [-0.25, -0.2) is 4.39 Å². The van der Waals surface area contributed by atoms with Gasteiger partial charge in [-0.15, -0.1) is 0 Å². The van der Waals surface area contributed by atoms with Gasteiger partial charge in [-0.2, -0.15) is 0 Å². The van der Waals surface area contributed by atoms with E-state index < -0.39 is 16.8 Å². The van der Waals surface area contributed by atoms with E-state index in [0.29, 0.717) is 19.6 Å². The number of nitro groups is 1. The Morgan fingerprint density at radius 3 is 2.81 bits per heavy atom. The Bertz CT molecular complexity index is 564. The largest absolute Gasteiger partial charge is 0.355 e. The lowest BCUT2D eigenvalue weighted by Crippen LogP contribution is -2.58. The average molecular weight is 296 g/mol. The highest BCUT2D eigenvalue weighted by atomic mass is 19.1. The molecule has 1 heterocycles. The van der Waals surface area contributed by atoms with Gasteiger partial charge in [0.05, 0.1) is 16.7 Å². The van der Waals surface area contributed by atoms with Crippen molar-refractivity contribution in [1.29, 1.82) is 0 Å². The maximum Gasteiger partial charge on any atom is 0.272 e. The van der Waals surface area contributed by atoms with Gasteiger partial charge < -0.3 is 15.1 Å². The summed E-state index contributed by atoms with van der Waals surface area (Å²) in [5, 5.41) is 13.8. The normalized spacial score (nSPS) is 18.4. The molecular weight excluding hydrogens is 279 g/mol. The lowest BCUT2D eigenvalue weighted by molar-refractivity contribution is -0.385. The Morgan fingerprint density at radius 2 is 2.24 bits per heavy atom. The third-order valence-corrected chi connectivity index (χ3v) is 3.42. The summed E-state index contributed by atoms with van der Waals surface area (Å²) in [6.07, 6.45) is 0. The molecule has 1 aromatic carbocycles. The zero-order valence-electron chi connectivity index (χ0n) is 11.9. The van der Waals surface area contributed by atoms with Crippen molar-refractivity contribution in [3.05, 3.63) is 34.1 Å². The average Bonchev–Trinajstić information content (AvgIpc) is 2.46. The number of amides is 1. The molecule has 0 aliphatic carbocycles. The number of halogens is 1. The zero-order chi connectivity index (χ0) is 15.6. The number of carbonyl (C=O) groups excluding carboxylic acids is 1. The fraction of sp³-hybridized carbons (Fsp3) is 0.462. The predicted molar refractivity (Wildman–Crippen MR) is 75.8 cm³/mol. The maximum absolute atomic E-state index is 14.1. The van der Waals surface area contributed by atoms with Crippen molar-refractivity contribution in [3.63, 3.8) is 0 Å². The van der Waals surface area contributed by atoms with Crippen LogP contribution in [0.1, 0.15) is 0 Å². The molecule has 114 valence electrons. The number of likely N-dealkylation sites (N-methyl/N-ethyl adjacent to an activating group) is 1. The van der Waals surface area contributed by atoms with E-state index in [1.807, 2.05) is 0 Å². The third kappa shape index (κ3) is 3.10. The Labute approximate surface area is 121 Å². The topological polar surface area (TPSA) is 78.7 Å². The molecule has 7 nitrogen and oxygen atoms in total. The first kappa shape index (κ1) is 15.2. The molecule has 1 atom stereocenters. The molecule has 2 rings (SSSR count). The van der Waals surface area contributed by atoms with Gasteiger partial charge in [0.2, 0.25) is 5.91 Å². The Balaban J connectivity index is 2.33. The molecule has 1 N–H and O–H groups in total. The molecule has 0 bridgehead atoms. The minimum Gasteiger partial charge on any atom is -0.355 e. The zero-order valence-corrected chi connectivity index (χ0v) is 11.9. The molecule has 1 aromatic rings. The second-order valence-electron chi connectivity index (χ2n) is 5.04. The van der Waals surface area contributed by atoms with Crippen LogP contribution in [0.25, 0.3) is 0 Å². The number of nitrogens with one attached hydrogen (secondary N) is 1. The van der Waals surface area contributed by atoms with Crippen LogP contribution in [-0.2, 0) is 4.79 Å². The molecule has 1 saturated heterocycles. The highest BCUT2D eigenvalue weighted by molar-refractivity contribution is 5.85. The molecule has 0 radical (unpaired) electrons. The van der Waals surface area contributed by atoms with Crippen LogP contribution in [-0.4, -0.2) is 55.5 Å². The number of carbonyl (C=O) groups is 1. The molecule has 0 saturated carbocycles. The first-order valence-electron chi connectivity index (χ1n) is 6.54. The monoisotopic (exact) mass is 296 g/mol. The van der Waals surface area contributed by atoms with Crippen LogP contribution >= 0.6 is 0 Å². The van der Waals surface area contributed by atoms with E-state index in [2.05, 4.69) is 5.32 Å². The van der Waals surface area contributed by atoms with Gasteiger partial charge in [-0.1, -0.05) is 0 Å². The summed E-state index contributed by atoms with van der Waals surface area (Å²) in [7, 11) is 3.28. The van der Waals surface area contributed by atoms with E-state index in [-0.39, 0.29) is 17.3 Å². The summed E-state index contributed by atoms with van der Waals surface area (Å²) in [6.45, 7) is 1.49. The van der Waals surface area contributed by atoms with Gasteiger partial charge in [-0.3, -0.25) is 14.9 Å². The van der Waals surface area contributed by atoms with Crippen LogP contribution in [0.3, 0.4) is 0 Å². The van der Waals surface area contributed by atoms with Crippen LogP contribution in [0.4, 0.5) is 15.8 Å². The van der Waals surface area contributed by atoms with Crippen LogP contribution in [0.5, 0.6) is 0 Å². The van der Waals surface area contributed by atoms with E-state index in [4.69, 9.17) is 0 Å². The molecule has 0 spiro atoms. The quantitative estimate of drug-likeness (QED) is 0.653. The Morgan fingerprint density at radius 1 is 1.52 bits per heavy atom. The number of nitrogens with zero attached hydrogens (tertiary/aromatic N) is 3. The van der Waals surface area contributed by atoms with Crippen molar-refractivity contribution in [2.24, 2.45) is 0 Å². The van der Waals surface area contributed by atoms with E-state index >= 15 is 0 Å². The van der Waals surface area contributed by atoms with Gasteiger partial charge in [0.1, 0.15) is 6.04 Å². The van der Waals surface area contributed by atoms with Crippen LogP contribution in [0, 0.1) is 15.9 Å². The first-order chi connectivity index (χ1) is 9.91. The van der Waals surface area contributed by atoms with Gasteiger partial charge in [-0.05, 0) is 6.07 Å². The molecule has 1 unspecified atom stereocenters. The van der Waals surface area contributed by atoms with E-state index in [1.54, 1.807) is 19.0 Å². The summed E-state index contributed by atoms with van der Waals surface area (Å²) >= 11 is 0. The summed E-state index contributed by atoms with van der Waals surface area (Å²) in [6, 6.07) is 2.96. The van der Waals surface area contributed by atoms with Crippen molar-refractivity contribution >= 4 is 17.3 Å². The summed E-state index contributed by atoms with van der Waals surface area (Å²) in [5.74, 6) is -0.831. The van der Waals surface area contributed by atoms with E-state index in [0.717, 1.165) is 6.07 Å². The fourth-order valence-corrected chi connectivity index (χ4v) is 2.35. The van der Waals surface area contributed by atoms with Crippen molar-refractivity contribution in [2.75, 3.05) is 38.6 Å². The van der Waals surface area contributed by atoms with Crippen molar-refractivity contribution < 1.29 is 14.1 Å². The SMILES string of the molecule is CN(C)C(=O)C1CNCCN1c1ccc([N+](=O)[O-])cc1F. The molecule has 1 amide bonds. The van der Waals surface area contributed by atoms with Gasteiger partial charge in [0, 0.05) is 39.8 Å². The predicted octanol–water partition coefficient (Wildman–Crippen LogP) is 0.600. The fourth-order valence-electron chi connectivity index (χ4n) is 2.35. The van der Waals surface area contributed by atoms with Gasteiger partial charge in [0.15, 0.2) is 5.82 Å². The first-order valence-corrected chi connectivity index (χ1v) is 6.54. The molecule has 1 fully saturated rings. The third-order valence-electron chi connectivity index (χ3n) is 3.42. The van der Waals surface area contributed by atoms with Gasteiger partial charge in [0.25, 0.3) is 5.69 Å². The molecule has 8 heteroatoms. The smallest absolute Gasteiger partial charge is 0.272 e. The molecular formula is C13H17FN4O3. The Kier molecular flexibility index (Phi) is 4.37. The Hall–Kier alpha value is -2.22. The molecule has 1 aliphatic rings. The van der Waals surface area contributed by atoms with Crippen molar-refractivity contribution in [3.8, 4) is 0 Å². The van der Waals surface area contributed by atoms with Gasteiger partial charge >= 0.3 is 0 Å². The van der Waals surface area contributed by atoms with Crippen molar-refractivity contribution in [2.45, 2.75) is 6.04 Å². The summed E-state index contributed by atoms with van der Waals surface area (Å²) in [4.78, 5) is 25.3. The lowest BCUT2D eigenvalue weighted by atomic mass is 10.1. The number of benzene rings is 1. The minimum atomic E-state index is -0.692. The van der Waals surface area contributed by atoms with Crippen molar-refractivity contribution in [1.82, 2.24) is 10.2 Å². The maximum atomic E-state index is 14.1. The standard InChI is InChI=1S/C13H17FN4O3/c1-16(2)13(19)12-8-15-5-6-17(12)11-4-3-9(18(20)21)7-10(11)14/h3-4,7,12,15H,5-6,8H2,1-2H3. The highest BCUT2D eigenvalue weighted by Crippen LogP contribution is 2.26. The highest BCUT2D eigenvalue weighted by Gasteiger charge is 2.31.